The molecule has 114 valence electrons. The van der Waals surface area contributed by atoms with Crippen LogP contribution in [0.3, 0.4) is 0 Å². The van der Waals surface area contributed by atoms with E-state index >= 15 is 0 Å². The normalized spacial score (nSPS) is 39.5. The lowest BCUT2D eigenvalue weighted by Gasteiger charge is -2.57. The topological polar surface area (TPSA) is 40.5 Å². The number of carbonyl (C=O) groups is 1. The molecule has 0 aliphatic heterocycles. The van der Waals surface area contributed by atoms with Crippen molar-refractivity contribution in [2.45, 2.75) is 64.3 Å². The molecule has 0 aromatic heterocycles. The zero-order valence-corrected chi connectivity index (χ0v) is 13.2. The molecular weight excluding hydrogens is 250 g/mol. The second-order valence-electron chi connectivity index (χ2n) is 8.45. The molecule has 4 aliphatic rings. The van der Waals surface area contributed by atoms with E-state index in [2.05, 4.69) is 0 Å². The predicted molar refractivity (Wildman–Crippen MR) is 79.6 cm³/mol. The smallest absolute Gasteiger partial charge is 0.323 e. The van der Waals surface area contributed by atoms with Crippen molar-refractivity contribution in [3.63, 3.8) is 0 Å². The first kappa shape index (κ1) is 14.4. The number of hydrogen-bond acceptors (Lipinski definition) is 2. The SMILES string of the molecule is CN(CCC12CC3CC(CC(C3)C1)C2)C(C)(C)C(=O)O. The lowest BCUT2D eigenvalue weighted by atomic mass is 9.49. The summed E-state index contributed by atoms with van der Waals surface area (Å²) in [6.07, 6.45) is 9.89. The van der Waals surface area contributed by atoms with Gasteiger partial charge in [-0.15, -0.1) is 0 Å². The summed E-state index contributed by atoms with van der Waals surface area (Å²) in [6.45, 7) is 4.55. The summed E-state index contributed by atoms with van der Waals surface area (Å²) in [7, 11) is 1.97. The van der Waals surface area contributed by atoms with Crippen LogP contribution in [0.15, 0.2) is 0 Å². The van der Waals surface area contributed by atoms with Crippen molar-refractivity contribution in [1.29, 1.82) is 0 Å². The van der Waals surface area contributed by atoms with Crippen molar-refractivity contribution in [3.05, 3.63) is 0 Å². The Balaban J connectivity index is 1.62. The average Bonchev–Trinajstić information content (AvgIpc) is 2.34. The molecule has 3 heteroatoms. The van der Waals surface area contributed by atoms with E-state index in [1.807, 2.05) is 25.8 Å². The third kappa shape index (κ3) is 2.38. The molecule has 4 fully saturated rings. The Morgan fingerprint density at radius 2 is 1.60 bits per heavy atom. The Hall–Kier alpha value is -0.570. The molecule has 4 saturated carbocycles. The standard InChI is InChI=1S/C17H29NO2/c1-16(2,15(19)20)18(3)5-4-17-9-12-6-13(10-17)8-14(7-12)11-17/h12-14H,4-11H2,1-3H3,(H,19,20). The lowest BCUT2D eigenvalue weighted by molar-refractivity contribution is -0.149. The van der Waals surface area contributed by atoms with Crippen LogP contribution in [0.4, 0.5) is 0 Å². The van der Waals surface area contributed by atoms with Gasteiger partial charge in [-0.3, -0.25) is 9.69 Å². The molecule has 0 heterocycles. The third-order valence-corrected chi connectivity index (χ3v) is 6.62. The van der Waals surface area contributed by atoms with Crippen molar-refractivity contribution >= 4 is 5.97 Å². The van der Waals surface area contributed by atoms with Crippen LogP contribution in [-0.2, 0) is 4.79 Å². The van der Waals surface area contributed by atoms with Gasteiger partial charge in [-0.05, 0) is 95.6 Å². The summed E-state index contributed by atoms with van der Waals surface area (Å²) in [5, 5.41) is 9.33. The van der Waals surface area contributed by atoms with Crippen molar-refractivity contribution in [2.24, 2.45) is 23.2 Å². The second-order valence-corrected chi connectivity index (χ2v) is 8.45. The molecule has 1 N–H and O–H groups in total. The number of likely N-dealkylation sites (N-methyl/N-ethyl adjacent to an activating group) is 1. The fraction of sp³-hybridized carbons (Fsp3) is 0.941. The maximum Gasteiger partial charge on any atom is 0.323 e. The maximum absolute atomic E-state index is 11.3. The number of aliphatic carboxylic acids is 1. The van der Waals surface area contributed by atoms with E-state index in [9.17, 15) is 9.90 Å². The molecule has 0 aromatic rings. The van der Waals surface area contributed by atoms with E-state index in [1.165, 1.54) is 44.9 Å². The molecule has 4 aliphatic carbocycles. The first-order chi connectivity index (χ1) is 9.31. The van der Waals surface area contributed by atoms with Crippen LogP contribution >= 0.6 is 0 Å². The van der Waals surface area contributed by atoms with Gasteiger partial charge >= 0.3 is 5.97 Å². The quantitative estimate of drug-likeness (QED) is 0.838. The van der Waals surface area contributed by atoms with Crippen LogP contribution in [0, 0.1) is 23.2 Å². The third-order valence-electron chi connectivity index (χ3n) is 6.62. The molecule has 0 radical (unpaired) electrons. The highest BCUT2D eigenvalue weighted by molar-refractivity contribution is 5.77. The molecule has 0 spiro atoms. The molecule has 0 atom stereocenters. The summed E-state index contributed by atoms with van der Waals surface area (Å²) in [5.41, 5.74) is -0.195. The average molecular weight is 279 g/mol. The highest BCUT2D eigenvalue weighted by atomic mass is 16.4. The number of hydrogen-bond donors (Lipinski definition) is 1. The summed E-state index contributed by atoms with van der Waals surface area (Å²) < 4.78 is 0. The van der Waals surface area contributed by atoms with Gasteiger partial charge in [0.15, 0.2) is 0 Å². The largest absolute Gasteiger partial charge is 0.480 e. The van der Waals surface area contributed by atoms with E-state index in [-0.39, 0.29) is 0 Å². The highest BCUT2D eigenvalue weighted by Crippen LogP contribution is 2.61. The molecule has 20 heavy (non-hydrogen) atoms. The monoisotopic (exact) mass is 279 g/mol. The zero-order chi connectivity index (χ0) is 14.5. The van der Waals surface area contributed by atoms with E-state index < -0.39 is 11.5 Å². The molecule has 0 amide bonds. The Kier molecular flexibility index (Phi) is 3.39. The summed E-state index contributed by atoms with van der Waals surface area (Å²) in [6, 6.07) is 0. The first-order valence-electron chi connectivity index (χ1n) is 8.25. The molecule has 4 rings (SSSR count). The van der Waals surface area contributed by atoms with E-state index in [4.69, 9.17) is 0 Å². The van der Waals surface area contributed by atoms with Crippen LogP contribution in [0.5, 0.6) is 0 Å². The second kappa shape index (κ2) is 4.72. The van der Waals surface area contributed by atoms with Gasteiger partial charge in [-0.1, -0.05) is 0 Å². The van der Waals surface area contributed by atoms with Gasteiger partial charge in [0, 0.05) is 0 Å². The van der Waals surface area contributed by atoms with Gasteiger partial charge in [0.2, 0.25) is 0 Å². The van der Waals surface area contributed by atoms with Gasteiger partial charge in [-0.25, -0.2) is 0 Å². The Labute approximate surface area is 122 Å². The minimum atomic E-state index is -0.748. The fourth-order valence-corrected chi connectivity index (χ4v) is 5.44. The Morgan fingerprint density at radius 1 is 1.15 bits per heavy atom. The molecule has 0 aromatic carbocycles. The maximum atomic E-state index is 11.3. The highest BCUT2D eigenvalue weighted by Gasteiger charge is 2.50. The van der Waals surface area contributed by atoms with E-state index in [0.29, 0.717) is 5.41 Å². The molecule has 0 unspecified atom stereocenters. The van der Waals surface area contributed by atoms with Gasteiger partial charge in [0.25, 0.3) is 0 Å². The Morgan fingerprint density at radius 3 is 2.00 bits per heavy atom. The minimum absolute atomic E-state index is 0.553. The molecule has 4 bridgehead atoms. The van der Waals surface area contributed by atoms with E-state index in [1.54, 1.807) is 0 Å². The van der Waals surface area contributed by atoms with Crippen molar-refractivity contribution in [2.75, 3.05) is 13.6 Å². The van der Waals surface area contributed by atoms with Crippen LogP contribution in [0.25, 0.3) is 0 Å². The molecule has 3 nitrogen and oxygen atoms in total. The van der Waals surface area contributed by atoms with Gasteiger partial charge in [0.05, 0.1) is 0 Å². The van der Waals surface area contributed by atoms with Crippen molar-refractivity contribution in [3.8, 4) is 0 Å². The van der Waals surface area contributed by atoms with E-state index in [0.717, 1.165) is 24.3 Å². The number of carboxylic acid groups (broad SMARTS) is 1. The lowest BCUT2D eigenvalue weighted by Crippen LogP contribution is -2.51. The van der Waals surface area contributed by atoms with Crippen LogP contribution in [0.1, 0.15) is 58.8 Å². The summed E-state index contributed by atoms with van der Waals surface area (Å²) >= 11 is 0. The van der Waals surface area contributed by atoms with Crippen molar-refractivity contribution < 1.29 is 9.90 Å². The van der Waals surface area contributed by atoms with Gasteiger partial charge in [0.1, 0.15) is 5.54 Å². The van der Waals surface area contributed by atoms with Crippen LogP contribution in [-0.4, -0.2) is 35.1 Å². The van der Waals surface area contributed by atoms with Crippen LogP contribution < -0.4 is 0 Å². The Bertz CT molecular complexity index is 367. The summed E-state index contributed by atoms with van der Waals surface area (Å²) in [5.74, 6) is 2.24. The predicted octanol–water partition coefficient (Wildman–Crippen LogP) is 3.39. The fourth-order valence-electron chi connectivity index (χ4n) is 5.44. The molecule has 0 saturated heterocycles. The van der Waals surface area contributed by atoms with Crippen molar-refractivity contribution in [1.82, 2.24) is 4.90 Å². The molecular formula is C17H29NO2. The number of rotatable bonds is 5. The first-order valence-corrected chi connectivity index (χ1v) is 8.25. The van der Waals surface area contributed by atoms with Crippen LogP contribution in [0.2, 0.25) is 0 Å². The summed E-state index contributed by atoms with van der Waals surface area (Å²) in [4.78, 5) is 13.4. The number of carboxylic acids is 1. The van der Waals surface area contributed by atoms with Gasteiger partial charge in [-0.2, -0.15) is 0 Å². The number of nitrogens with zero attached hydrogens (tertiary/aromatic N) is 1. The minimum Gasteiger partial charge on any atom is -0.480 e. The zero-order valence-electron chi connectivity index (χ0n) is 13.2. The van der Waals surface area contributed by atoms with Gasteiger partial charge < -0.3 is 5.11 Å².